The van der Waals surface area contributed by atoms with Gasteiger partial charge >= 0.3 is 0 Å². The fourth-order valence-electron chi connectivity index (χ4n) is 2.49. The van der Waals surface area contributed by atoms with Gasteiger partial charge in [0.1, 0.15) is 0 Å². The third-order valence-electron chi connectivity index (χ3n) is 3.88. The highest BCUT2D eigenvalue weighted by Gasteiger charge is 2.14. The van der Waals surface area contributed by atoms with Gasteiger partial charge < -0.3 is 10.2 Å². The average molecular weight is 405 g/mol. The lowest BCUT2D eigenvalue weighted by Crippen LogP contribution is -2.34. The van der Waals surface area contributed by atoms with E-state index < -0.39 is 0 Å². The molecule has 1 fully saturated rings. The minimum atomic E-state index is 0.824. The second-order valence-corrected chi connectivity index (χ2v) is 7.41. The summed E-state index contributed by atoms with van der Waals surface area (Å²) in [6, 6.07) is 2.04. The average Bonchev–Trinajstić information content (AvgIpc) is 2.42. The topological polar surface area (TPSA) is 28.2 Å². The Morgan fingerprint density at radius 1 is 1.35 bits per heavy atom. The molecule has 1 aliphatic heterocycles. The maximum atomic E-state index is 4.41. The lowest BCUT2D eigenvalue weighted by atomic mass is 9.99. The predicted octanol–water partition coefficient (Wildman–Crippen LogP) is 3.82. The summed E-state index contributed by atoms with van der Waals surface area (Å²) in [5.41, 5.74) is 1.07. The summed E-state index contributed by atoms with van der Waals surface area (Å²) < 4.78 is 2.07. The van der Waals surface area contributed by atoms with Crippen LogP contribution in [0.1, 0.15) is 31.9 Å². The van der Waals surface area contributed by atoms with Crippen LogP contribution < -0.4 is 5.32 Å². The minimum absolute atomic E-state index is 0.824. The van der Waals surface area contributed by atoms with Gasteiger partial charge in [-0.2, -0.15) is 0 Å². The molecule has 1 aromatic rings. The summed E-state index contributed by atoms with van der Waals surface area (Å²) in [6.45, 7) is 8.01. The SMILES string of the molecule is CC1CCN(CCCNCc2ncc(Br)cc2Br)CC1. The third-order valence-corrected chi connectivity index (χ3v) is 5.00. The molecule has 2 heterocycles. The monoisotopic (exact) mass is 403 g/mol. The molecule has 0 atom stereocenters. The number of hydrogen-bond donors (Lipinski definition) is 1. The quantitative estimate of drug-likeness (QED) is 0.730. The molecule has 0 spiro atoms. The molecular weight excluding hydrogens is 382 g/mol. The van der Waals surface area contributed by atoms with E-state index in [0.717, 1.165) is 33.6 Å². The summed E-state index contributed by atoms with van der Waals surface area (Å²) in [6.07, 6.45) is 5.78. The lowest BCUT2D eigenvalue weighted by molar-refractivity contribution is 0.190. The van der Waals surface area contributed by atoms with E-state index in [9.17, 15) is 0 Å². The molecule has 112 valence electrons. The van der Waals surface area contributed by atoms with E-state index in [1.807, 2.05) is 12.3 Å². The van der Waals surface area contributed by atoms with Crippen molar-refractivity contribution in [1.29, 1.82) is 0 Å². The fourth-order valence-corrected chi connectivity index (χ4v) is 3.62. The predicted molar refractivity (Wildman–Crippen MR) is 90.8 cm³/mol. The Labute approximate surface area is 138 Å². The van der Waals surface area contributed by atoms with E-state index in [1.54, 1.807) is 0 Å². The number of halogens is 2. The molecule has 0 bridgehead atoms. The zero-order chi connectivity index (χ0) is 14.4. The highest BCUT2D eigenvalue weighted by atomic mass is 79.9. The Morgan fingerprint density at radius 3 is 2.80 bits per heavy atom. The molecule has 1 N–H and O–H groups in total. The molecular formula is C15H23Br2N3. The number of nitrogens with zero attached hydrogens (tertiary/aromatic N) is 2. The highest BCUT2D eigenvalue weighted by Crippen LogP contribution is 2.19. The van der Waals surface area contributed by atoms with Crippen molar-refractivity contribution >= 4 is 31.9 Å². The van der Waals surface area contributed by atoms with Crippen LogP contribution >= 0.6 is 31.9 Å². The third kappa shape index (κ3) is 5.43. The van der Waals surface area contributed by atoms with Crippen LogP contribution in [0.15, 0.2) is 21.2 Å². The molecule has 3 nitrogen and oxygen atoms in total. The van der Waals surface area contributed by atoms with Crippen LogP contribution in [0.2, 0.25) is 0 Å². The van der Waals surface area contributed by atoms with Crippen molar-refractivity contribution < 1.29 is 0 Å². The van der Waals surface area contributed by atoms with Gasteiger partial charge in [-0.15, -0.1) is 0 Å². The lowest BCUT2D eigenvalue weighted by Gasteiger charge is -2.30. The Balaban J connectivity index is 1.59. The summed E-state index contributed by atoms with van der Waals surface area (Å²) >= 11 is 6.96. The molecule has 2 rings (SSSR count). The van der Waals surface area contributed by atoms with Crippen LogP contribution in [0, 0.1) is 5.92 Å². The molecule has 1 aromatic heterocycles. The largest absolute Gasteiger partial charge is 0.311 e. The van der Waals surface area contributed by atoms with Crippen LogP contribution in [0.5, 0.6) is 0 Å². The van der Waals surface area contributed by atoms with Crippen molar-refractivity contribution in [2.45, 2.75) is 32.7 Å². The van der Waals surface area contributed by atoms with E-state index in [4.69, 9.17) is 0 Å². The van der Waals surface area contributed by atoms with E-state index in [0.29, 0.717) is 0 Å². The van der Waals surface area contributed by atoms with Gasteiger partial charge in [-0.25, -0.2) is 0 Å². The van der Waals surface area contributed by atoms with Gasteiger partial charge in [0.05, 0.1) is 5.69 Å². The van der Waals surface area contributed by atoms with E-state index in [2.05, 4.69) is 54.0 Å². The number of pyridine rings is 1. The van der Waals surface area contributed by atoms with Crippen molar-refractivity contribution in [3.05, 3.63) is 26.9 Å². The molecule has 0 aliphatic carbocycles. The van der Waals surface area contributed by atoms with Crippen molar-refractivity contribution in [3.8, 4) is 0 Å². The maximum Gasteiger partial charge on any atom is 0.0684 e. The summed E-state index contributed by atoms with van der Waals surface area (Å²) in [5, 5.41) is 3.48. The number of nitrogens with one attached hydrogen (secondary N) is 1. The summed E-state index contributed by atoms with van der Waals surface area (Å²) in [7, 11) is 0. The first-order valence-corrected chi connectivity index (χ1v) is 8.96. The second kappa shape index (κ2) is 8.47. The Kier molecular flexibility index (Phi) is 6.94. The number of aromatic nitrogens is 1. The molecule has 0 amide bonds. The first-order valence-electron chi connectivity index (χ1n) is 7.38. The highest BCUT2D eigenvalue weighted by molar-refractivity contribution is 9.11. The van der Waals surface area contributed by atoms with E-state index in [-0.39, 0.29) is 0 Å². The Hall–Kier alpha value is 0.0300. The number of piperidine rings is 1. The molecule has 1 saturated heterocycles. The number of rotatable bonds is 6. The van der Waals surface area contributed by atoms with Crippen molar-refractivity contribution in [2.75, 3.05) is 26.2 Å². The molecule has 20 heavy (non-hydrogen) atoms. The molecule has 0 aromatic carbocycles. The van der Waals surface area contributed by atoms with Gasteiger partial charge in [0, 0.05) is 21.7 Å². The van der Waals surface area contributed by atoms with Gasteiger partial charge in [0.25, 0.3) is 0 Å². The first-order chi connectivity index (χ1) is 9.65. The van der Waals surface area contributed by atoms with Crippen molar-refractivity contribution in [1.82, 2.24) is 15.2 Å². The molecule has 5 heteroatoms. The number of likely N-dealkylation sites (tertiary alicyclic amines) is 1. The summed E-state index contributed by atoms with van der Waals surface area (Å²) in [4.78, 5) is 7.00. The maximum absolute atomic E-state index is 4.41. The van der Waals surface area contributed by atoms with Crippen molar-refractivity contribution in [3.63, 3.8) is 0 Å². The Bertz CT molecular complexity index is 418. The van der Waals surface area contributed by atoms with Crippen LogP contribution in [0.4, 0.5) is 0 Å². The molecule has 0 radical (unpaired) electrons. The van der Waals surface area contributed by atoms with Gasteiger partial charge in [-0.05, 0) is 89.3 Å². The van der Waals surface area contributed by atoms with Gasteiger partial charge in [-0.3, -0.25) is 4.98 Å². The van der Waals surface area contributed by atoms with E-state index in [1.165, 1.54) is 38.9 Å². The zero-order valence-corrected chi connectivity index (χ0v) is 15.2. The molecule has 0 unspecified atom stereocenters. The normalized spacial score (nSPS) is 17.6. The fraction of sp³-hybridized carbons (Fsp3) is 0.667. The summed E-state index contributed by atoms with van der Waals surface area (Å²) in [5.74, 6) is 0.921. The van der Waals surface area contributed by atoms with E-state index >= 15 is 0 Å². The van der Waals surface area contributed by atoms with Gasteiger partial charge in [0.15, 0.2) is 0 Å². The minimum Gasteiger partial charge on any atom is -0.311 e. The molecule has 1 aliphatic rings. The molecule has 0 saturated carbocycles. The number of hydrogen-bond acceptors (Lipinski definition) is 3. The first kappa shape index (κ1) is 16.4. The Morgan fingerprint density at radius 2 is 2.10 bits per heavy atom. The van der Waals surface area contributed by atoms with Crippen LogP contribution in [0.25, 0.3) is 0 Å². The zero-order valence-electron chi connectivity index (χ0n) is 12.0. The van der Waals surface area contributed by atoms with Crippen LogP contribution in [0.3, 0.4) is 0 Å². The van der Waals surface area contributed by atoms with Gasteiger partial charge in [-0.1, -0.05) is 6.92 Å². The van der Waals surface area contributed by atoms with Gasteiger partial charge in [0.2, 0.25) is 0 Å². The standard InChI is InChI=1S/C15H23Br2N3/c1-12-3-7-20(8-4-12)6-2-5-18-11-15-14(17)9-13(16)10-19-15/h9-10,12,18H,2-8,11H2,1H3. The van der Waals surface area contributed by atoms with Crippen LogP contribution in [-0.4, -0.2) is 36.1 Å². The van der Waals surface area contributed by atoms with Crippen molar-refractivity contribution in [2.24, 2.45) is 5.92 Å². The second-order valence-electron chi connectivity index (χ2n) is 5.64. The smallest absolute Gasteiger partial charge is 0.0684 e. The van der Waals surface area contributed by atoms with Crippen LogP contribution in [-0.2, 0) is 6.54 Å².